The molecule has 3 rings (SSSR count). The Labute approximate surface area is 139 Å². The molecule has 24 heavy (non-hydrogen) atoms. The largest absolute Gasteiger partial charge is 0.435 e. The van der Waals surface area contributed by atoms with E-state index in [1.807, 2.05) is 6.92 Å². The molecule has 6 nitrogen and oxygen atoms in total. The van der Waals surface area contributed by atoms with Crippen LogP contribution in [0.4, 0.5) is 24.1 Å². The first-order valence-electron chi connectivity index (χ1n) is 7.14. The Hall–Kier alpha value is -2.49. The molecule has 0 spiro atoms. The van der Waals surface area contributed by atoms with Gasteiger partial charge in [0.15, 0.2) is 11.5 Å². The van der Waals surface area contributed by atoms with Crippen LogP contribution in [0, 0.1) is 0 Å². The van der Waals surface area contributed by atoms with Crippen molar-refractivity contribution in [1.82, 2.24) is 24.1 Å². The summed E-state index contributed by atoms with van der Waals surface area (Å²) in [6.45, 7) is 2.26. The van der Waals surface area contributed by atoms with Gasteiger partial charge in [0.25, 0.3) is 0 Å². The molecule has 10 heteroatoms. The molecule has 0 aliphatic rings. The summed E-state index contributed by atoms with van der Waals surface area (Å²) in [4.78, 5) is 8.20. The average Bonchev–Trinajstić information content (AvgIpc) is 3.15. The van der Waals surface area contributed by atoms with E-state index in [0.717, 1.165) is 11.5 Å². The van der Waals surface area contributed by atoms with Gasteiger partial charge in [0, 0.05) is 30.5 Å². The van der Waals surface area contributed by atoms with Crippen LogP contribution in [0.15, 0.2) is 30.6 Å². The third-order valence-corrected chi connectivity index (χ3v) is 3.68. The van der Waals surface area contributed by atoms with Gasteiger partial charge in [-0.05, 0) is 18.6 Å². The zero-order valence-electron chi connectivity index (χ0n) is 12.6. The van der Waals surface area contributed by atoms with Gasteiger partial charge in [-0.1, -0.05) is 13.0 Å². The number of halogens is 3. The predicted octanol–water partition coefficient (Wildman–Crippen LogP) is 3.97. The predicted molar refractivity (Wildman–Crippen MR) is 83.9 cm³/mol. The van der Waals surface area contributed by atoms with E-state index in [0.29, 0.717) is 23.9 Å². The molecule has 3 heterocycles. The van der Waals surface area contributed by atoms with E-state index in [1.165, 1.54) is 10.9 Å². The van der Waals surface area contributed by atoms with Crippen molar-refractivity contribution in [2.75, 3.05) is 5.32 Å². The van der Waals surface area contributed by atoms with Crippen LogP contribution in [-0.2, 0) is 12.7 Å². The Morgan fingerprint density at radius 3 is 2.79 bits per heavy atom. The molecule has 0 amide bonds. The van der Waals surface area contributed by atoms with E-state index in [4.69, 9.17) is 0 Å². The minimum Gasteiger partial charge on any atom is -0.315 e. The molecule has 0 saturated carbocycles. The first-order valence-corrected chi connectivity index (χ1v) is 7.91. The van der Waals surface area contributed by atoms with Crippen molar-refractivity contribution in [2.24, 2.45) is 0 Å². The maximum Gasteiger partial charge on any atom is 0.435 e. The second kappa shape index (κ2) is 6.56. The normalized spacial score (nSPS) is 11.7. The minimum absolute atomic E-state index is 0.00638. The molecule has 126 valence electrons. The molecule has 0 saturated heterocycles. The standard InChI is InChI=1S/C14H13F3N6S/c1-2-7-23-8-9(11(21-23)14(15,16)17)12-20-13(24-22-12)19-10-5-3-4-6-18-10/h3-6,8H,2,7H2,1H3,(H,18,19,20,22). The topological polar surface area (TPSA) is 68.5 Å². The zero-order valence-corrected chi connectivity index (χ0v) is 13.4. The first kappa shape index (κ1) is 16.4. The highest BCUT2D eigenvalue weighted by molar-refractivity contribution is 7.09. The zero-order chi connectivity index (χ0) is 17.2. The highest BCUT2D eigenvalue weighted by atomic mass is 32.1. The minimum atomic E-state index is -4.56. The van der Waals surface area contributed by atoms with Gasteiger partial charge in [0.05, 0.1) is 5.56 Å². The molecular weight excluding hydrogens is 341 g/mol. The summed E-state index contributed by atoms with van der Waals surface area (Å²) in [5.41, 5.74) is -1.10. The molecule has 0 aliphatic heterocycles. The van der Waals surface area contributed by atoms with Crippen LogP contribution in [0.2, 0.25) is 0 Å². The van der Waals surface area contributed by atoms with Crippen molar-refractivity contribution in [3.63, 3.8) is 0 Å². The Morgan fingerprint density at radius 1 is 1.29 bits per heavy atom. The lowest BCUT2D eigenvalue weighted by atomic mass is 10.2. The fourth-order valence-corrected chi connectivity index (χ4v) is 2.66. The molecule has 0 bridgehead atoms. The van der Waals surface area contributed by atoms with Gasteiger partial charge < -0.3 is 5.32 Å². The molecule has 0 unspecified atom stereocenters. The number of hydrogen-bond donors (Lipinski definition) is 1. The van der Waals surface area contributed by atoms with E-state index in [-0.39, 0.29) is 11.4 Å². The number of nitrogens with one attached hydrogen (secondary N) is 1. The smallest absolute Gasteiger partial charge is 0.315 e. The van der Waals surface area contributed by atoms with Gasteiger partial charge in [-0.2, -0.15) is 27.6 Å². The molecule has 0 aromatic carbocycles. The first-order chi connectivity index (χ1) is 11.5. The Kier molecular flexibility index (Phi) is 4.47. The molecule has 0 radical (unpaired) electrons. The summed E-state index contributed by atoms with van der Waals surface area (Å²) >= 11 is 0.965. The Bertz CT molecular complexity index is 812. The maximum atomic E-state index is 13.2. The van der Waals surface area contributed by atoms with Crippen LogP contribution in [0.5, 0.6) is 0 Å². The summed E-state index contributed by atoms with van der Waals surface area (Å²) in [6, 6.07) is 5.27. The van der Waals surface area contributed by atoms with Gasteiger partial charge >= 0.3 is 6.18 Å². The van der Waals surface area contributed by atoms with Crippen molar-refractivity contribution in [3.8, 4) is 11.4 Å². The molecule has 3 aromatic heterocycles. The maximum absolute atomic E-state index is 13.2. The fraction of sp³-hybridized carbons (Fsp3) is 0.286. The van der Waals surface area contributed by atoms with E-state index in [2.05, 4.69) is 24.8 Å². The molecule has 1 N–H and O–H groups in total. The van der Waals surface area contributed by atoms with Crippen LogP contribution in [-0.4, -0.2) is 24.1 Å². The molecule has 0 aliphatic carbocycles. The molecule has 0 atom stereocenters. The SMILES string of the molecule is CCCn1cc(-c2nsc(Nc3ccccn3)n2)c(C(F)(F)F)n1. The second-order valence-corrected chi connectivity index (χ2v) is 5.67. The second-order valence-electron chi connectivity index (χ2n) is 4.92. The Balaban J connectivity index is 1.92. The third kappa shape index (κ3) is 3.53. The van der Waals surface area contributed by atoms with E-state index in [9.17, 15) is 13.2 Å². The number of hydrogen-bond acceptors (Lipinski definition) is 6. The van der Waals surface area contributed by atoms with E-state index < -0.39 is 11.9 Å². The summed E-state index contributed by atoms with van der Waals surface area (Å²) < 4.78 is 44.8. The van der Waals surface area contributed by atoms with Crippen LogP contribution in [0.25, 0.3) is 11.4 Å². The van der Waals surface area contributed by atoms with Crippen molar-refractivity contribution < 1.29 is 13.2 Å². The van der Waals surface area contributed by atoms with Gasteiger partial charge in [-0.3, -0.25) is 4.68 Å². The number of nitrogens with zero attached hydrogens (tertiary/aromatic N) is 5. The third-order valence-electron chi connectivity index (χ3n) is 3.05. The van der Waals surface area contributed by atoms with Gasteiger partial charge in [0.2, 0.25) is 5.13 Å². The Morgan fingerprint density at radius 2 is 2.12 bits per heavy atom. The molecule has 3 aromatic rings. The number of aromatic nitrogens is 5. The number of aryl methyl sites for hydroxylation is 1. The number of pyridine rings is 1. The lowest BCUT2D eigenvalue weighted by molar-refractivity contribution is -0.141. The van der Waals surface area contributed by atoms with E-state index >= 15 is 0 Å². The number of alkyl halides is 3. The molecular formula is C14H13F3N6S. The van der Waals surface area contributed by atoms with Crippen LogP contribution >= 0.6 is 11.5 Å². The lowest BCUT2D eigenvalue weighted by Gasteiger charge is -2.03. The van der Waals surface area contributed by atoms with Crippen molar-refractivity contribution in [2.45, 2.75) is 26.1 Å². The highest BCUT2D eigenvalue weighted by Crippen LogP contribution is 2.36. The van der Waals surface area contributed by atoms with Gasteiger partial charge in [-0.25, -0.2) is 4.98 Å². The van der Waals surface area contributed by atoms with Crippen molar-refractivity contribution >= 4 is 22.5 Å². The lowest BCUT2D eigenvalue weighted by Crippen LogP contribution is -2.09. The van der Waals surface area contributed by atoms with Crippen molar-refractivity contribution in [3.05, 3.63) is 36.3 Å². The number of rotatable bonds is 5. The van der Waals surface area contributed by atoms with E-state index in [1.54, 1.807) is 24.4 Å². The highest BCUT2D eigenvalue weighted by Gasteiger charge is 2.38. The summed E-state index contributed by atoms with van der Waals surface area (Å²) in [7, 11) is 0. The molecule has 0 fully saturated rings. The quantitative estimate of drug-likeness (QED) is 0.751. The van der Waals surface area contributed by atoms with Gasteiger partial charge in [0.1, 0.15) is 5.82 Å². The van der Waals surface area contributed by atoms with Crippen LogP contribution < -0.4 is 5.32 Å². The summed E-state index contributed by atoms with van der Waals surface area (Å²) in [5, 5.41) is 6.90. The monoisotopic (exact) mass is 354 g/mol. The summed E-state index contributed by atoms with van der Waals surface area (Å²) in [6.07, 6.45) is -0.955. The number of anilines is 2. The summed E-state index contributed by atoms with van der Waals surface area (Å²) in [5.74, 6) is 0.533. The fourth-order valence-electron chi connectivity index (χ4n) is 2.07. The van der Waals surface area contributed by atoms with Gasteiger partial charge in [-0.15, -0.1) is 0 Å². The van der Waals surface area contributed by atoms with Crippen molar-refractivity contribution in [1.29, 1.82) is 0 Å². The van der Waals surface area contributed by atoms with Crippen LogP contribution in [0.3, 0.4) is 0 Å². The van der Waals surface area contributed by atoms with Crippen LogP contribution in [0.1, 0.15) is 19.0 Å². The average molecular weight is 354 g/mol.